The summed E-state index contributed by atoms with van der Waals surface area (Å²) >= 11 is 0. The van der Waals surface area contributed by atoms with E-state index in [1.807, 2.05) is 0 Å². The van der Waals surface area contributed by atoms with Crippen LogP contribution in [0.2, 0.25) is 0 Å². The summed E-state index contributed by atoms with van der Waals surface area (Å²) in [4.78, 5) is 6.55. The summed E-state index contributed by atoms with van der Waals surface area (Å²) in [6, 6.07) is 0. The van der Waals surface area contributed by atoms with Gasteiger partial charge < -0.3 is 10.3 Å². The molecule has 7 heteroatoms. The number of imidazole rings is 1. The summed E-state index contributed by atoms with van der Waals surface area (Å²) in [6.07, 6.45) is 4.40. The average molecular weight is 230 g/mol. The van der Waals surface area contributed by atoms with E-state index < -0.39 is 10.0 Å². The molecule has 15 heavy (non-hydrogen) atoms. The summed E-state index contributed by atoms with van der Waals surface area (Å²) in [5, 5.41) is 2.81. The smallest absolute Gasteiger partial charge is 0.237 e. The Morgan fingerprint density at radius 2 is 2.13 bits per heavy atom. The van der Waals surface area contributed by atoms with Crippen LogP contribution in [-0.4, -0.2) is 36.7 Å². The lowest BCUT2D eigenvalue weighted by Gasteiger charge is -2.22. The average Bonchev–Trinajstić information content (AvgIpc) is 2.71. The quantitative estimate of drug-likeness (QED) is 0.677. The summed E-state index contributed by atoms with van der Waals surface area (Å²) in [6.45, 7) is 1.51. The van der Waals surface area contributed by atoms with Gasteiger partial charge in [-0.1, -0.05) is 0 Å². The monoisotopic (exact) mass is 230 g/mol. The zero-order valence-electron chi connectivity index (χ0n) is 8.23. The van der Waals surface area contributed by atoms with E-state index in [1.54, 1.807) is 6.20 Å². The van der Waals surface area contributed by atoms with E-state index in [0.29, 0.717) is 12.8 Å². The first kappa shape index (κ1) is 10.4. The van der Waals surface area contributed by atoms with Gasteiger partial charge in [0.2, 0.25) is 16.0 Å². The fraction of sp³-hybridized carbons (Fsp3) is 0.625. The Morgan fingerprint density at radius 3 is 2.73 bits per heavy atom. The second kappa shape index (κ2) is 4.19. The Bertz CT molecular complexity index is 394. The van der Waals surface area contributed by atoms with E-state index in [2.05, 4.69) is 20.0 Å². The second-order valence-corrected chi connectivity index (χ2v) is 5.50. The lowest BCUT2D eigenvalue weighted by atomic mass is 10.2. The van der Waals surface area contributed by atoms with Gasteiger partial charge in [0.15, 0.2) is 0 Å². The number of H-pyrrole nitrogens is 1. The van der Waals surface area contributed by atoms with Crippen LogP contribution in [0, 0.1) is 0 Å². The van der Waals surface area contributed by atoms with Crippen molar-refractivity contribution in [2.24, 2.45) is 0 Å². The molecule has 0 saturated carbocycles. The first-order valence-corrected chi connectivity index (χ1v) is 6.45. The summed E-state index contributed by atoms with van der Waals surface area (Å²) in [5.41, 5.74) is 0. The third kappa shape index (κ3) is 2.48. The van der Waals surface area contributed by atoms with Crippen LogP contribution in [0.25, 0.3) is 0 Å². The van der Waals surface area contributed by atoms with Crippen molar-refractivity contribution in [2.75, 3.05) is 17.8 Å². The van der Waals surface area contributed by atoms with Gasteiger partial charge in [-0.2, -0.15) is 0 Å². The van der Waals surface area contributed by atoms with Crippen LogP contribution in [-0.2, 0) is 10.0 Å². The number of hydrogen-bond acceptors (Lipinski definition) is 4. The second-order valence-electron chi connectivity index (χ2n) is 3.53. The molecule has 0 bridgehead atoms. The van der Waals surface area contributed by atoms with E-state index in [1.165, 1.54) is 6.20 Å². The highest BCUT2D eigenvalue weighted by Gasteiger charge is 2.27. The highest BCUT2D eigenvalue weighted by molar-refractivity contribution is 7.93. The summed E-state index contributed by atoms with van der Waals surface area (Å²) in [5.74, 6) is 0.286. The molecule has 0 atom stereocenters. The highest BCUT2D eigenvalue weighted by Crippen LogP contribution is 2.14. The molecule has 0 amide bonds. The van der Waals surface area contributed by atoms with Crippen LogP contribution in [0.3, 0.4) is 0 Å². The minimum absolute atomic E-state index is 0.286. The lowest BCUT2D eigenvalue weighted by Crippen LogP contribution is -2.38. The van der Waals surface area contributed by atoms with Gasteiger partial charge in [-0.05, 0) is 25.9 Å². The van der Waals surface area contributed by atoms with Gasteiger partial charge in [0, 0.05) is 12.4 Å². The van der Waals surface area contributed by atoms with E-state index in [9.17, 15) is 8.42 Å². The Morgan fingerprint density at radius 1 is 1.40 bits per heavy atom. The maximum atomic E-state index is 11.9. The zero-order valence-corrected chi connectivity index (χ0v) is 9.05. The van der Waals surface area contributed by atoms with Crippen molar-refractivity contribution in [3.05, 3.63) is 12.4 Å². The number of aromatic nitrogens is 2. The van der Waals surface area contributed by atoms with E-state index in [-0.39, 0.29) is 11.2 Å². The molecular weight excluding hydrogens is 216 g/mol. The van der Waals surface area contributed by atoms with Crippen molar-refractivity contribution in [3.63, 3.8) is 0 Å². The van der Waals surface area contributed by atoms with Gasteiger partial charge in [-0.3, -0.25) is 4.72 Å². The summed E-state index contributed by atoms with van der Waals surface area (Å²) in [7, 11) is -3.29. The van der Waals surface area contributed by atoms with Crippen LogP contribution in [0.1, 0.15) is 12.8 Å². The number of nitrogens with zero attached hydrogens (tertiary/aromatic N) is 1. The molecule has 1 aliphatic rings. The largest absolute Gasteiger partial charge is 0.330 e. The predicted octanol–water partition coefficient (Wildman–Crippen LogP) is -0.0966. The van der Waals surface area contributed by atoms with Crippen molar-refractivity contribution in [3.8, 4) is 0 Å². The van der Waals surface area contributed by atoms with Gasteiger partial charge in [-0.25, -0.2) is 13.4 Å². The maximum absolute atomic E-state index is 11.9. The van der Waals surface area contributed by atoms with Gasteiger partial charge in [-0.15, -0.1) is 0 Å². The number of nitrogens with one attached hydrogen (secondary N) is 3. The molecule has 0 radical (unpaired) electrons. The molecule has 2 rings (SSSR count). The van der Waals surface area contributed by atoms with Gasteiger partial charge in [0.1, 0.15) is 0 Å². The first-order valence-electron chi connectivity index (χ1n) is 4.90. The number of anilines is 1. The van der Waals surface area contributed by atoms with Crippen LogP contribution in [0.5, 0.6) is 0 Å². The van der Waals surface area contributed by atoms with E-state index >= 15 is 0 Å². The molecule has 1 saturated heterocycles. The highest BCUT2D eigenvalue weighted by atomic mass is 32.2. The van der Waals surface area contributed by atoms with E-state index in [0.717, 1.165) is 13.1 Å². The maximum Gasteiger partial charge on any atom is 0.237 e. The minimum Gasteiger partial charge on any atom is -0.330 e. The standard InChI is InChI=1S/C8H14N4O2S/c13-15(14,7-1-3-9-4-2-7)12-8-10-5-6-11-8/h5-7,9H,1-4H2,(H2,10,11,12). The van der Waals surface area contributed by atoms with Crippen molar-refractivity contribution < 1.29 is 8.42 Å². The molecule has 0 aliphatic carbocycles. The van der Waals surface area contributed by atoms with Crippen molar-refractivity contribution in [2.45, 2.75) is 18.1 Å². The Labute approximate surface area is 88.5 Å². The van der Waals surface area contributed by atoms with Crippen LogP contribution in [0.4, 0.5) is 5.95 Å². The van der Waals surface area contributed by atoms with Crippen LogP contribution >= 0.6 is 0 Å². The Kier molecular flexibility index (Phi) is 2.92. The Balaban J connectivity index is 2.05. The molecule has 0 aromatic carbocycles. The van der Waals surface area contributed by atoms with Crippen LogP contribution in [0.15, 0.2) is 12.4 Å². The molecule has 2 heterocycles. The third-order valence-electron chi connectivity index (χ3n) is 2.46. The lowest BCUT2D eigenvalue weighted by molar-refractivity contribution is 0.498. The summed E-state index contributed by atoms with van der Waals surface area (Å²) < 4.78 is 26.2. The molecule has 84 valence electrons. The number of piperidine rings is 1. The number of sulfonamides is 1. The van der Waals surface area contributed by atoms with Gasteiger partial charge in [0.25, 0.3) is 0 Å². The van der Waals surface area contributed by atoms with E-state index in [4.69, 9.17) is 0 Å². The molecule has 0 unspecified atom stereocenters. The number of hydrogen-bond donors (Lipinski definition) is 3. The molecule has 1 aromatic rings. The molecule has 3 N–H and O–H groups in total. The van der Waals surface area contributed by atoms with Gasteiger partial charge >= 0.3 is 0 Å². The van der Waals surface area contributed by atoms with Crippen molar-refractivity contribution in [1.82, 2.24) is 15.3 Å². The normalized spacial score (nSPS) is 18.9. The predicted molar refractivity (Wildman–Crippen MR) is 57.0 cm³/mol. The first-order chi connectivity index (χ1) is 7.18. The SMILES string of the molecule is O=S(=O)(Nc1ncc[nH]1)C1CCNCC1. The third-order valence-corrected chi connectivity index (χ3v) is 4.29. The number of aromatic amines is 1. The topological polar surface area (TPSA) is 86.9 Å². The molecule has 0 spiro atoms. The molecule has 1 aromatic heterocycles. The fourth-order valence-electron chi connectivity index (χ4n) is 1.64. The molecular formula is C8H14N4O2S. The van der Waals surface area contributed by atoms with Crippen LogP contribution < -0.4 is 10.0 Å². The number of rotatable bonds is 3. The minimum atomic E-state index is -3.29. The van der Waals surface area contributed by atoms with Crippen molar-refractivity contribution >= 4 is 16.0 Å². The zero-order chi connectivity index (χ0) is 10.7. The molecule has 6 nitrogen and oxygen atoms in total. The molecule has 1 aliphatic heterocycles. The van der Waals surface area contributed by atoms with Crippen molar-refractivity contribution in [1.29, 1.82) is 0 Å². The molecule has 1 fully saturated rings. The van der Waals surface area contributed by atoms with Gasteiger partial charge in [0.05, 0.1) is 5.25 Å². The Hall–Kier alpha value is -1.08. The fourth-order valence-corrected chi connectivity index (χ4v) is 3.05.